The highest BCUT2D eigenvalue weighted by atomic mass is 79.9. The number of aromatic nitrogens is 1. The second kappa shape index (κ2) is 6.17. The zero-order chi connectivity index (χ0) is 13.8. The predicted octanol–water partition coefficient (Wildman–Crippen LogP) is 3.40. The molecule has 0 spiro atoms. The Bertz CT molecular complexity index is 572. The summed E-state index contributed by atoms with van der Waals surface area (Å²) < 4.78 is 6.39. The lowest BCUT2D eigenvalue weighted by Crippen LogP contribution is -2.16. The monoisotopic (exact) mass is 320 g/mol. The Balaban J connectivity index is 2.26. The van der Waals surface area contributed by atoms with E-state index < -0.39 is 0 Å². The highest BCUT2D eigenvalue weighted by molar-refractivity contribution is 9.10. The van der Waals surface area contributed by atoms with E-state index in [1.807, 2.05) is 37.3 Å². The number of benzene rings is 1. The first kappa shape index (κ1) is 14.0. The molecule has 0 aliphatic carbocycles. The molecule has 1 aromatic heterocycles. The van der Waals surface area contributed by atoms with E-state index in [1.54, 1.807) is 13.3 Å². The topological polar surface area (TPSA) is 48.1 Å². The Morgan fingerprint density at radius 2 is 2.16 bits per heavy atom. The molecular formula is C15H17BrN2O. The second-order valence-corrected chi connectivity index (χ2v) is 5.39. The van der Waals surface area contributed by atoms with Crippen LogP contribution in [0.5, 0.6) is 5.75 Å². The largest absolute Gasteiger partial charge is 0.496 e. The van der Waals surface area contributed by atoms with E-state index in [-0.39, 0.29) is 6.04 Å². The van der Waals surface area contributed by atoms with Crippen LogP contribution in [0.15, 0.2) is 41.0 Å². The van der Waals surface area contributed by atoms with Gasteiger partial charge in [0.1, 0.15) is 5.75 Å². The highest BCUT2D eigenvalue weighted by Crippen LogP contribution is 2.27. The summed E-state index contributed by atoms with van der Waals surface area (Å²) in [6, 6.07) is 9.75. The molecule has 0 bridgehead atoms. The van der Waals surface area contributed by atoms with Gasteiger partial charge in [0.05, 0.1) is 18.8 Å². The van der Waals surface area contributed by atoms with Crippen molar-refractivity contribution in [3.8, 4) is 5.75 Å². The quantitative estimate of drug-likeness (QED) is 0.939. The van der Waals surface area contributed by atoms with Crippen molar-refractivity contribution >= 4 is 15.9 Å². The van der Waals surface area contributed by atoms with Crippen LogP contribution in [0.4, 0.5) is 0 Å². The van der Waals surface area contributed by atoms with Crippen LogP contribution in [-0.4, -0.2) is 12.1 Å². The summed E-state index contributed by atoms with van der Waals surface area (Å²) in [5.41, 5.74) is 9.40. The van der Waals surface area contributed by atoms with Gasteiger partial charge in [-0.05, 0) is 48.7 Å². The van der Waals surface area contributed by atoms with Crippen LogP contribution in [0.3, 0.4) is 0 Å². The number of hydrogen-bond donors (Lipinski definition) is 1. The maximum atomic E-state index is 6.27. The lowest BCUT2D eigenvalue weighted by atomic mass is 10.00. The van der Waals surface area contributed by atoms with Crippen LogP contribution in [0.1, 0.15) is 22.9 Å². The zero-order valence-electron chi connectivity index (χ0n) is 11.1. The van der Waals surface area contributed by atoms with Crippen LogP contribution in [0, 0.1) is 6.92 Å². The molecular weight excluding hydrogens is 304 g/mol. The van der Waals surface area contributed by atoms with Crippen molar-refractivity contribution in [2.75, 3.05) is 7.11 Å². The third kappa shape index (κ3) is 3.33. The minimum Gasteiger partial charge on any atom is -0.496 e. The van der Waals surface area contributed by atoms with Gasteiger partial charge in [-0.25, -0.2) is 0 Å². The van der Waals surface area contributed by atoms with E-state index in [4.69, 9.17) is 10.5 Å². The minimum absolute atomic E-state index is 0.135. The maximum absolute atomic E-state index is 6.27. The van der Waals surface area contributed by atoms with E-state index in [0.29, 0.717) is 6.42 Å². The van der Waals surface area contributed by atoms with Gasteiger partial charge in [0.25, 0.3) is 0 Å². The summed E-state index contributed by atoms with van der Waals surface area (Å²) in [5, 5.41) is 0. The van der Waals surface area contributed by atoms with Crippen LogP contribution in [0.25, 0.3) is 0 Å². The molecule has 2 N–H and O–H groups in total. The Hall–Kier alpha value is -1.39. The normalized spacial score (nSPS) is 12.2. The van der Waals surface area contributed by atoms with E-state index in [1.165, 1.54) is 0 Å². The van der Waals surface area contributed by atoms with Crippen molar-refractivity contribution in [3.63, 3.8) is 0 Å². The predicted molar refractivity (Wildman–Crippen MR) is 80.3 cm³/mol. The summed E-state index contributed by atoms with van der Waals surface area (Å²) in [6.45, 7) is 2.03. The van der Waals surface area contributed by atoms with Gasteiger partial charge in [0.15, 0.2) is 0 Å². The standard InChI is InChI=1S/C15H17BrN2O/c1-10-4-3-7-18-15(10)13(17)9-11-8-12(16)5-6-14(11)19-2/h3-8,13H,9,17H2,1-2H3. The molecule has 1 atom stereocenters. The number of nitrogens with zero attached hydrogens (tertiary/aromatic N) is 1. The molecule has 3 nitrogen and oxygen atoms in total. The average molecular weight is 321 g/mol. The van der Waals surface area contributed by atoms with Crippen molar-refractivity contribution in [1.82, 2.24) is 4.98 Å². The number of ether oxygens (including phenoxy) is 1. The van der Waals surface area contributed by atoms with Gasteiger partial charge in [0.2, 0.25) is 0 Å². The Morgan fingerprint density at radius 3 is 2.84 bits per heavy atom. The van der Waals surface area contributed by atoms with E-state index >= 15 is 0 Å². The second-order valence-electron chi connectivity index (χ2n) is 4.47. The van der Waals surface area contributed by atoms with Gasteiger partial charge in [-0.3, -0.25) is 4.98 Å². The number of rotatable bonds is 4. The molecule has 100 valence electrons. The molecule has 0 amide bonds. The average Bonchev–Trinajstić information content (AvgIpc) is 2.39. The first-order chi connectivity index (χ1) is 9.11. The molecule has 4 heteroatoms. The van der Waals surface area contributed by atoms with Gasteiger partial charge in [0, 0.05) is 10.7 Å². The van der Waals surface area contributed by atoms with Gasteiger partial charge < -0.3 is 10.5 Å². The van der Waals surface area contributed by atoms with Gasteiger partial charge in [-0.1, -0.05) is 22.0 Å². The van der Waals surface area contributed by atoms with E-state index in [0.717, 1.165) is 27.0 Å². The summed E-state index contributed by atoms with van der Waals surface area (Å²) in [6.07, 6.45) is 2.47. The molecule has 0 saturated carbocycles. The maximum Gasteiger partial charge on any atom is 0.122 e. The molecule has 0 aliphatic rings. The van der Waals surface area contributed by atoms with E-state index in [9.17, 15) is 0 Å². The molecule has 0 fully saturated rings. The van der Waals surface area contributed by atoms with Crippen LogP contribution in [-0.2, 0) is 6.42 Å². The molecule has 2 aromatic rings. The highest BCUT2D eigenvalue weighted by Gasteiger charge is 2.14. The molecule has 2 rings (SSSR count). The van der Waals surface area contributed by atoms with Crippen molar-refractivity contribution in [2.45, 2.75) is 19.4 Å². The summed E-state index contributed by atoms with van der Waals surface area (Å²) >= 11 is 3.47. The van der Waals surface area contributed by atoms with Crippen molar-refractivity contribution in [3.05, 3.63) is 57.8 Å². The van der Waals surface area contributed by atoms with Crippen molar-refractivity contribution in [1.29, 1.82) is 0 Å². The molecule has 1 unspecified atom stereocenters. The molecule has 0 aliphatic heterocycles. The molecule has 0 saturated heterocycles. The van der Waals surface area contributed by atoms with Crippen molar-refractivity contribution < 1.29 is 4.74 Å². The number of pyridine rings is 1. The molecule has 0 radical (unpaired) electrons. The smallest absolute Gasteiger partial charge is 0.122 e. The Kier molecular flexibility index (Phi) is 4.56. The number of halogens is 1. The van der Waals surface area contributed by atoms with Gasteiger partial charge in [-0.15, -0.1) is 0 Å². The first-order valence-corrected chi connectivity index (χ1v) is 6.90. The zero-order valence-corrected chi connectivity index (χ0v) is 12.6. The van der Waals surface area contributed by atoms with Crippen molar-refractivity contribution in [2.24, 2.45) is 5.73 Å². The molecule has 19 heavy (non-hydrogen) atoms. The van der Waals surface area contributed by atoms with Gasteiger partial charge >= 0.3 is 0 Å². The first-order valence-electron chi connectivity index (χ1n) is 6.11. The summed E-state index contributed by atoms with van der Waals surface area (Å²) in [5.74, 6) is 0.854. The summed E-state index contributed by atoms with van der Waals surface area (Å²) in [7, 11) is 1.67. The minimum atomic E-state index is -0.135. The summed E-state index contributed by atoms with van der Waals surface area (Å²) in [4.78, 5) is 4.37. The third-order valence-corrected chi connectivity index (χ3v) is 3.58. The third-order valence-electron chi connectivity index (χ3n) is 3.08. The molecule has 1 aromatic carbocycles. The SMILES string of the molecule is COc1ccc(Br)cc1CC(N)c1ncccc1C. The Labute approximate surface area is 121 Å². The number of methoxy groups -OCH3 is 1. The lowest BCUT2D eigenvalue weighted by Gasteiger charge is -2.15. The number of aryl methyl sites for hydroxylation is 1. The number of hydrogen-bond acceptors (Lipinski definition) is 3. The number of nitrogens with two attached hydrogens (primary N) is 1. The fraction of sp³-hybridized carbons (Fsp3) is 0.267. The Morgan fingerprint density at radius 1 is 1.37 bits per heavy atom. The fourth-order valence-electron chi connectivity index (χ4n) is 2.13. The lowest BCUT2D eigenvalue weighted by molar-refractivity contribution is 0.408. The van der Waals surface area contributed by atoms with Crippen LogP contribution >= 0.6 is 15.9 Å². The fourth-order valence-corrected chi connectivity index (χ4v) is 2.53. The van der Waals surface area contributed by atoms with Crippen LogP contribution in [0.2, 0.25) is 0 Å². The van der Waals surface area contributed by atoms with Gasteiger partial charge in [-0.2, -0.15) is 0 Å². The molecule has 1 heterocycles. The van der Waals surface area contributed by atoms with Crippen LogP contribution < -0.4 is 10.5 Å². The van der Waals surface area contributed by atoms with E-state index in [2.05, 4.69) is 20.9 Å².